The van der Waals surface area contributed by atoms with Crippen molar-refractivity contribution >= 4 is 12.2 Å². The summed E-state index contributed by atoms with van der Waals surface area (Å²) in [7, 11) is 0. The fourth-order valence-electron chi connectivity index (χ4n) is 1.12. The molecule has 5 heteroatoms. The van der Waals surface area contributed by atoms with Gasteiger partial charge in [0.05, 0.1) is 0 Å². The first-order chi connectivity index (χ1) is 7.67. The third kappa shape index (κ3) is 3.36. The summed E-state index contributed by atoms with van der Waals surface area (Å²) >= 11 is 0. The highest BCUT2D eigenvalue weighted by atomic mass is 16.7. The Labute approximate surface area is 93.1 Å². The molecule has 16 heavy (non-hydrogen) atoms. The number of primary amides is 1. The van der Waals surface area contributed by atoms with E-state index in [1.807, 2.05) is 0 Å². The maximum absolute atomic E-state index is 10.9. The van der Waals surface area contributed by atoms with Crippen LogP contribution in [0.3, 0.4) is 0 Å². The Balaban J connectivity index is 2.76. The molecule has 0 aliphatic heterocycles. The highest BCUT2D eigenvalue weighted by Gasteiger charge is 2.09. The van der Waals surface area contributed by atoms with Gasteiger partial charge in [-0.1, -0.05) is 6.07 Å². The molecule has 2 N–H and O–H groups in total. The molecule has 86 valence electrons. The number of hydrogen-bond acceptors (Lipinski definition) is 4. The molecule has 1 aromatic carbocycles. The lowest BCUT2D eigenvalue weighted by Gasteiger charge is -2.13. The van der Waals surface area contributed by atoms with Crippen molar-refractivity contribution in [2.45, 2.75) is 13.2 Å². The maximum Gasteiger partial charge on any atom is 0.256 e. The zero-order valence-corrected chi connectivity index (χ0v) is 8.88. The Morgan fingerprint density at radius 1 is 1.56 bits per heavy atom. The first kappa shape index (κ1) is 12.2. The lowest BCUT2D eigenvalue weighted by molar-refractivity contribution is -0.136. The van der Waals surface area contributed by atoms with Crippen molar-refractivity contribution < 1.29 is 19.1 Å². The quantitative estimate of drug-likeness (QED) is 0.569. The van der Waals surface area contributed by atoms with Gasteiger partial charge in [-0.2, -0.15) is 0 Å². The summed E-state index contributed by atoms with van der Waals surface area (Å²) < 4.78 is 10.2. The number of carbonyl (C=O) groups excluding carboxylic acids is 2. The molecular weight excluding hydrogens is 210 g/mol. The lowest BCUT2D eigenvalue weighted by Crippen LogP contribution is -2.22. The molecule has 1 unspecified atom stereocenters. The topological polar surface area (TPSA) is 78.6 Å². The number of rotatable bonds is 6. The molecular formula is C11H13NO4. The number of nitrogens with two attached hydrogens (primary N) is 1. The second-order valence-electron chi connectivity index (χ2n) is 2.97. The van der Waals surface area contributed by atoms with Gasteiger partial charge >= 0.3 is 0 Å². The molecule has 0 spiro atoms. The van der Waals surface area contributed by atoms with Crippen molar-refractivity contribution in [1.82, 2.24) is 0 Å². The van der Waals surface area contributed by atoms with Crippen LogP contribution in [0.5, 0.6) is 5.75 Å². The van der Waals surface area contributed by atoms with Crippen LogP contribution in [0.2, 0.25) is 0 Å². The monoisotopic (exact) mass is 223 g/mol. The number of benzene rings is 1. The van der Waals surface area contributed by atoms with Gasteiger partial charge in [0.15, 0.2) is 6.29 Å². The van der Waals surface area contributed by atoms with Crippen molar-refractivity contribution in [3.63, 3.8) is 0 Å². The van der Waals surface area contributed by atoms with E-state index in [9.17, 15) is 9.59 Å². The first-order valence-corrected chi connectivity index (χ1v) is 4.80. The van der Waals surface area contributed by atoms with E-state index in [1.54, 1.807) is 25.1 Å². The van der Waals surface area contributed by atoms with E-state index in [-0.39, 0.29) is 0 Å². The molecule has 0 aliphatic carbocycles. The molecule has 0 radical (unpaired) electrons. The number of carbonyl (C=O) groups is 2. The van der Waals surface area contributed by atoms with Gasteiger partial charge in [0.25, 0.3) is 6.29 Å². The number of ether oxygens (including phenoxy) is 2. The van der Waals surface area contributed by atoms with Gasteiger partial charge in [0.2, 0.25) is 5.91 Å². The van der Waals surface area contributed by atoms with Gasteiger partial charge in [0.1, 0.15) is 5.75 Å². The number of hydrogen-bond donors (Lipinski definition) is 1. The van der Waals surface area contributed by atoms with E-state index in [1.165, 1.54) is 6.07 Å². The van der Waals surface area contributed by atoms with Gasteiger partial charge in [-0.05, 0) is 25.1 Å². The predicted molar refractivity (Wildman–Crippen MR) is 57.1 cm³/mol. The summed E-state index contributed by atoms with van der Waals surface area (Å²) in [5, 5.41) is 0. The van der Waals surface area contributed by atoms with Crippen LogP contribution in [-0.2, 0) is 9.53 Å². The standard InChI is InChI=1S/C11H13NO4/c1-2-15-10(7-13)16-9-5-3-4-8(6-9)11(12)14/h3-7,10H,2H2,1H3,(H2,12,14). The molecule has 0 aliphatic rings. The molecule has 0 saturated heterocycles. The number of aldehydes is 1. The Bertz CT molecular complexity index is 378. The first-order valence-electron chi connectivity index (χ1n) is 4.80. The molecule has 1 amide bonds. The van der Waals surface area contributed by atoms with E-state index in [2.05, 4.69) is 0 Å². The van der Waals surface area contributed by atoms with E-state index in [0.717, 1.165) is 0 Å². The number of amides is 1. The van der Waals surface area contributed by atoms with Crippen LogP contribution in [0.1, 0.15) is 17.3 Å². The van der Waals surface area contributed by atoms with Crippen LogP contribution in [-0.4, -0.2) is 25.1 Å². The third-order valence-corrected chi connectivity index (χ3v) is 1.81. The summed E-state index contributed by atoms with van der Waals surface area (Å²) in [4.78, 5) is 21.5. The smallest absolute Gasteiger partial charge is 0.256 e. The van der Waals surface area contributed by atoms with Gasteiger partial charge in [-0.25, -0.2) is 0 Å². The Morgan fingerprint density at radius 3 is 2.88 bits per heavy atom. The molecule has 1 rings (SSSR count). The van der Waals surface area contributed by atoms with E-state index >= 15 is 0 Å². The lowest BCUT2D eigenvalue weighted by atomic mass is 10.2. The second-order valence-corrected chi connectivity index (χ2v) is 2.97. The second kappa shape index (κ2) is 5.87. The van der Waals surface area contributed by atoms with Crippen molar-refractivity contribution in [2.75, 3.05) is 6.61 Å². The molecule has 5 nitrogen and oxygen atoms in total. The van der Waals surface area contributed by atoms with E-state index in [4.69, 9.17) is 15.2 Å². The predicted octanol–water partition coefficient (Wildman–Crippen LogP) is 0.726. The molecule has 0 aromatic heterocycles. The van der Waals surface area contributed by atoms with Crippen LogP contribution in [0, 0.1) is 0 Å². The van der Waals surface area contributed by atoms with Crippen molar-refractivity contribution in [3.05, 3.63) is 29.8 Å². The van der Waals surface area contributed by atoms with Gasteiger partial charge in [-0.15, -0.1) is 0 Å². The summed E-state index contributed by atoms with van der Waals surface area (Å²) in [5.41, 5.74) is 5.43. The van der Waals surface area contributed by atoms with Gasteiger partial charge in [-0.3, -0.25) is 9.59 Å². The Hall–Kier alpha value is -1.88. The maximum atomic E-state index is 10.9. The zero-order valence-electron chi connectivity index (χ0n) is 8.88. The van der Waals surface area contributed by atoms with E-state index < -0.39 is 12.2 Å². The molecule has 1 aromatic rings. The van der Waals surface area contributed by atoms with Gasteiger partial charge in [0, 0.05) is 12.2 Å². The van der Waals surface area contributed by atoms with Crippen molar-refractivity contribution in [2.24, 2.45) is 5.73 Å². The Morgan fingerprint density at radius 2 is 2.31 bits per heavy atom. The van der Waals surface area contributed by atoms with Crippen molar-refractivity contribution in [1.29, 1.82) is 0 Å². The minimum atomic E-state index is -0.965. The average Bonchev–Trinajstić information content (AvgIpc) is 2.29. The average molecular weight is 223 g/mol. The van der Waals surface area contributed by atoms with Crippen LogP contribution in [0.4, 0.5) is 0 Å². The molecule has 0 fully saturated rings. The summed E-state index contributed by atoms with van der Waals surface area (Å²) in [5.74, 6) is -0.189. The zero-order chi connectivity index (χ0) is 12.0. The highest BCUT2D eigenvalue weighted by Crippen LogP contribution is 2.14. The van der Waals surface area contributed by atoms with Crippen molar-refractivity contribution in [3.8, 4) is 5.75 Å². The van der Waals surface area contributed by atoms with Crippen LogP contribution in [0.15, 0.2) is 24.3 Å². The highest BCUT2D eigenvalue weighted by molar-refractivity contribution is 5.93. The fraction of sp³-hybridized carbons (Fsp3) is 0.273. The normalized spacial score (nSPS) is 11.8. The molecule has 1 atom stereocenters. The van der Waals surface area contributed by atoms with Crippen LogP contribution >= 0.6 is 0 Å². The largest absolute Gasteiger partial charge is 0.458 e. The minimum absolute atomic E-state index is 0.318. The fourth-order valence-corrected chi connectivity index (χ4v) is 1.12. The molecule has 0 heterocycles. The summed E-state index contributed by atoms with van der Waals surface area (Å²) in [6, 6.07) is 6.24. The Kier molecular flexibility index (Phi) is 4.47. The van der Waals surface area contributed by atoms with E-state index in [0.29, 0.717) is 24.2 Å². The van der Waals surface area contributed by atoms with Gasteiger partial charge < -0.3 is 15.2 Å². The summed E-state index contributed by atoms with van der Waals surface area (Å²) in [6.45, 7) is 2.11. The third-order valence-electron chi connectivity index (χ3n) is 1.81. The summed E-state index contributed by atoms with van der Waals surface area (Å²) in [6.07, 6.45) is -0.423. The SMILES string of the molecule is CCOC(C=O)Oc1cccc(C(N)=O)c1. The molecule has 0 saturated carbocycles. The van der Waals surface area contributed by atoms with Crippen LogP contribution < -0.4 is 10.5 Å². The van der Waals surface area contributed by atoms with Crippen LogP contribution in [0.25, 0.3) is 0 Å². The molecule has 0 bridgehead atoms. The minimum Gasteiger partial charge on any atom is -0.458 e.